The molecule has 0 rings (SSSR count). The van der Waals surface area contributed by atoms with E-state index in [0.29, 0.717) is 0 Å². The summed E-state index contributed by atoms with van der Waals surface area (Å²) in [5, 5.41) is 15.2. The van der Waals surface area contributed by atoms with E-state index in [9.17, 15) is 9.59 Å². The molecule has 0 aromatic rings. The van der Waals surface area contributed by atoms with Crippen molar-refractivity contribution in [3.8, 4) is 0 Å². The molecule has 0 aliphatic carbocycles. The zero-order valence-corrected chi connectivity index (χ0v) is 11.3. The second kappa shape index (κ2) is 17.8. The second-order valence-electron chi connectivity index (χ2n) is 1.20. The van der Waals surface area contributed by atoms with Gasteiger partial charge in [-0.15, -0.1) is 0 Å². The third kappa shape index (κ3) is 44.7. The number of carboxylic acid groups (broad SMARTS) is 2. The third-order valence-corrected chi connectivity index (χ3v) is 0.349. The zero-order chi connectivity index (χ0) is 8.57. The minimum atomic E-state index is -0.968. The predicted molar refractivity (Wildman–Crippen MR) is 35.6 cm³/mol. The van der Waals surface area contributed by atoms with Gasteiger partial charge in [-0.2, -0.15) is 0 Å². The van der Waals surface area contributed by atoms with E-state index < -0.39 is 11.9 Å². The van der Waals surface area contributed by atoms with Gasteiger partial charge in [0, 0.05) is 0 Å². The molecule has 0 fully saturated rings. The van der Waals surface area contributed by atoms with Crippen LogP contribution in [0, 0.1) is 0 Å². The maximum Gasteiger partial charge on any atom is 1.00 e. The van der Waals surface area contributed by atoms with Gasteiger partial charge in [0.15, 0.2) is 0 Å². The van der Waals surface area contributed by atoms with Gasteiger partial charge in [0.25, 0.3) is 0 Å². The van der Waals surface area contributed by atoms with Crippen molar-refractivity contribution in [2.24, 2.45) is 11.5 Å². The molecule has 0 unspecified atom stereocenters. The van der Waals surface area contributed by atoms with E-state index in [2.05, 4.69) is 11.5 Å². The minimum Gasteiger partial charge on any atom is -1.00 e. The van der Waals surface area contributed by atoms with Crippen LogP contribution in [-0.4, -0.2) is 35.2 Å². The summed E-state index contributed by atoms with van der Waals surface area (Å²) in [7, 11) is 0. The van der Waals surface area contributed by atoms with Crippen LogP contribution in [0.15, 0.2) is 0 Å². The molecule has 0 aromatic carbocycles. The molecule has 0 heterocycles. The maximum absolute atomic E-state index is 9.24. The Labute approximate surface area is 117 Å². The standard InChI is InChI=1S/2C2H5NO2.2Na.2H/c2*3-1-2(4)5;;;;/h2*1,3H2,(H,4,5);;;;/q;;2*+1;2*-1. The molecule has 0 amide bonds. The summed E-state index contributed by atoms with van der Waals surface area (Å²) >= 11 is 0. The van der Waals surface area contributed by atoms with Crippen LogP contribution >= 0.6 is 0 Å². The smallest absolute Gasteiger partial charge is 1.00 e. The first-order valence-electron chi connectivity index (χ1n) is 2.38. The van der Waals surface area contributed by atoms with E-state index >= 15 is 0 Å². The van der Waals surface area contributed by atoms with Crippen LogP contribution in [0.1, 0.15) is 2.85 Å². The van der Waals surface area contributed by atoms with Crippen molar-refractivity contribution >= 4 is 11.9 Å². The zero-order valence-electron chi connectivity index (χ0n) is 9.28. The van der Waals surface area contributed by atoms with Crippen LogP contribution in [-0.2, 0) is 9.59 Å². The Hall–Kier alpha value is 0.860. The monoisotopic (exact) mass is 198 g/mol. The Morgan fingerprint density at radius 2 is 1.08 bits per heavy atom. The number of hydrogen-bond acceptors (Lipinski definition) is 4. The first-order valence-corrected chi connectivity index (χ1v) is 2.38. The molecule has 0 radical (unpaired) electrons. The average Bonchev–Trinajstić information content (AvgIpc) is 1.89. The molecule has 6 N–H and O–H groups in total. The first-order chi connectivity index (χ1) is 4.54. The maximum atomic E-state index is 9.24. The summed E-state index contributed by atoms with van der Waals surface area (Å²) < 4.78 is 0. The third-order valence-electron chi connectivity index (χ3n) is 0.349. The van der Waals surface area contributed by atoms with Crippen molar-refractivity contribution in [1.29, 1.82) is 0 Å². The van der Waals surface area contributed by atoms with Crippen LogP contribution < -0.4 is 70.6 Å². The molecule has 0 aliphatic heterocycles. The summed E-state index contributed by atoms with van der Waals surface area (Å²) in [6.45, 7) is -0.556. The summed E-state index contributed by atoms with van der Waals surface area (Å²) in [6, 6.07) is 0. The van der Waals surface area contributed by atoms with Crippen molar-refractivity contribution in [2.75, 3.05) is 13.1 Å². The number of aliphatic carboxylic acids is 2. The average molecular weight is 198 g/mol. The normalized spacial score (nSPS) is 6.17. The fourth-order valence-electron chi connectivity index (χ4n) is 0. The van der Waals surface area contributed by atoms with E-state index in [1.165, 1.54) is 0 Å². The van der Waals surface area contributed by atoms with Crippen LogP contribution in [0.5, 0.6) is 0 Å². The number of rotatable bonds is 2. The molecule has 0 atom stereocenters. The van der Waals surface area contributed by atoms with Gasteiger partial charge in [0.2, 0.25) is 0 Å². The van der Waals surface area contributed by atoms with Crippen molar-refractivity contribution in [3.63, 3.8) is 0 Å². The van der Waals surface area contributed by atoms with Gasteiger partial charge >= 0.3 is 71.1 Å². The fraction of sp³-hybridized carbons (Fsp3) is 0.500. The molecule has 0 aliphatic rings. The number of hydrogen-bond donors (Lipinski definition) is 4. The SMILES string of the molecule is NCC(=O)O.NCC(=O)O.[H-].[H-].[Na+].[Na+]. The van der Waals surface area contributed by atoms with Crippen LogP contribution in [0.4, 0.5) is 0 Å². The predicted octanol–water partition coefficient (Wildman–Crippen LogP) is -7.71. The van der Waals surface area contributed by atoms with Crippen molar-refractivity contribution in [1.82, 2.24) is 0 Å². The number of nitrogens with two attached hydrogens (primary N) is 2. The van der Waals surface area contributed by atoms with Crippen LogP contribution in [0.2, 0.25) is 0 Å². The van der Waals surface area contributed by atoms with Gasteiger partial charge in [-0.05, 0) is 0 Å². The Balaban J connectivity index is -0.0000000178. The molecule has 12 heavy (non-hydrogen) atoms. The van der Waals surface area contributed by atoms with Crippen molar-refractivity contribution in [3.05, 3.63) is 0 Å². The number of carbonyl (C=O) groups is 2. The molecule has 6 nitrogen and oxygen atoms in total. The van der Waals surface area contributed by atoms with Gasteiger partial charge in [-0.1, -0.05) is 0 Å². The minimum absolute atomic E-state index is 0. The molecule has 0 saturated heterocycles. The molecular weight excluding hydrogens is 186 g/mol. The summed E-state index contributed by atoms with van der Waals surface area (Å²) in [6.07, 6.45) is 0. The molecule has 0 bridgehead atoms. The topological polar surface area (TPSA) is 127 Å². The Kier molecular flexibility index (Phi) is 34.2. The number of carboxylic acids is 2. The van der Waals surface area contributed by atoms with Crippen molar-refractivity contribution in [2.45, 2.75) is 0 Å². The quantitative estimate of drug-likeness (QED) is 0.326. The molecule has 0 spiro atoms. The molecule has 64 valence electrons. The Morgan fingerprint density at radius 3 is 1.08 bits per heavy atom. The molecule has 0 aromatic heterocycles. The fourth-order valence-corrected chi connectivity index (χ4v) is 0. The largest absolute Gasteiger partial charge is 1.00 e. The van der Waals surface area contributed by atoms with Gasteiger partial charge in [0.05, 0.1) is 13.1 Å². The summed E-state index contributed by atoms with van der Waals surface area (Å²) in [5.41, 5.74) is 9.14. The molecule has 0 saturated carbocycles. The van der Waals surface area contributed by atoms with Gasteiger partial charge < -0.3 is 24.5 Å². The van der Waals surface area contributed by atoms with E-state index in [-0.39, 0.29) is 75.1 Å². The summed E-state index contributed by atoms with van der Waals surface area (Å²) in [4.78, 5) is 18.5. The summed E-state index contributed by atoms with van der Waals surface area (Å²) in [5.74, 6) is -1.94. The van der Waals surface area contributed by atoms with Gasteiger partial charge in [0.1, 0.15) is 0 Å². The Bertz CT molecular complexity index is 116. The first kappa shape index (κ1) is 23.0. The van der Waals surface area contributed by atoms with Gasteiger partial charge in [-0.3, -0.25) is 9.59 Å². The van der Waals surface area contributed by atoms with E-state index in [1.54, 1.807) is 0 Å². The van der Waals surface area contributed by atoms with Crippen LogP contribution in [0.3, 0.4) is 0 Å². The molecular formula is C4H12N2Na2O4. The van der Waals surface area contributed by atoms with Crippen molar-refractivity contribution < 1.29 is 81.8 Å². The Morgan fingerprint density at radius 1 is 1.00 bits per heavy atom. The van der Waals surface area contributed by atoms with E-state index in [0.717, 1.165) is 0 Å². The van der Waals surface area contributed by atoms with E-state index in [4.69, 9.17) is 10.2 Å². The molecule has 8 heteroatoms. The van der Waals surface area contributed by atoms with E-state index in [1.807, 2.05) is 0 Å². The van der Waals surface area contributed by atoms with Gasteiger partial charge in [-0.25, -0.2) is 0 Å². The second-order valence-corrected chi connectivity index (χ2v) is 1.20. The van der Waals surface area contributed by atoms with Crippen LogP contribution in [0.25, 0.3) is 0 Å².